The highest BCUT2D eigenvalue weighted by Gasteiger charge is 2.17. The molecule has 128 valence electrons. The number of rotatable bonds is 6. The minimum Gasteiger partial charge on any atom is -0.361 e. The molecule has 1 N–H and O–H groups in total. The van der Waals surface area contributed by atoms with Crippen LogP contribution in [0.4, 0.5) is 0 Å². The van der Waals surface area contributed by atoms with Gasteiger partial charge in [-0.1, -0.05) is 37.2 Å². The summed E-state index contributed by atoms with van der Waals surface area (Å²) in [6.45, 7) is 8.33. The average molecular weight is 364 g/mol. The second-order valence-electron chi connectivity index (χ2n) is 6.12. The van der Waals surface area contributed by atoms with Crippen LogP contribution in [0.25, 0.3) is 10.2 Å². The molecule has 0 aromatic carbocycles. The number of thiophene rings is 1. The molecule has 1 atom stereocenters. The Morgan fingerprint density at radius 1 is 1.42 bits per heavy atom. The summed E-state index contributed by atoms with van der Waals surface area (Å²) in [5.41, 5.74) is 1.96. The van der Waals surface area contributed by atoms with Gasteiger partial charge in [-0.15, -0.1) is 11.3 Å². The van der Waals surface area contributed by atoms with Crippen molar-refractivity contribution in [3.8, 4) is 0 Å². The van der Waals surface area contributed by atoms with E-state index in [1.807, 2.05) is 13.0 Å². The number of thioether (sulfide) groups is 1. The summed E-state index contributed by atoms with van der Waals surface area (Å²) in [5, 5.41) is 5.36. The minimum absolute atomic E-state index is 0.0403. The number of aromatic amines is 1. The third-order valence-electron chi connectivity index (χ3n) is 4.12. The Labute approximate surface area is 148 Å². The highest BCUT2D eigenvalue weighted by molar-refractivity contribution is 7.98. The molecule has 0 fully saturated rings. The Morgan fingerprint density at radius 3 is 2.88 bits per heavy atom. The lowest BCUT2D eigenvalue weighted by Crippen LogP contribution is -2.11. The van der Waals surface area contributed by atoms with Crippen molar-refractivity contribution in [2.45, 2.75) is 51.4 Å². The van der Waals surface area contributed by atoms with Crippen molar-refractivity contribution in [2.75, 3.05) is 0 Å². The van der Waals surface area contributed by atoms with Gasteiger partial charge in [0.2, 0.25) is 0 Å². The standard InChI is InChI=1S/C17H21N3O2S2/c1-5-9(2)6-13-11(4)24-16-14(13)15(21)18-17(19-16)23-8-12-7-10(3)22-20-12/h7,9H,5-6,8H2,1-4H3,(H,18,19,21)/t9-/m1/s1. The molecule has 0 aliphatic heterocycles. The van der Waals surface area contributed by atoms with E-state index in [0.717, 1.165) is 40.1 Å². The molecule has 0 aliphatic carbocycles. The predicted molar refractivity (Wildman–Crippen MR) is 98.9 cm³/mol. The summed E-state index contributed by atoms with van der Waals surface area (Å²) >= 11 is 3.07. The molecular weight excluding hydrogens is 342 g/mol. The van der Waals surface area contributed by atoms with Gasteiger partial charge in [0.15, 0.2) is 5.16 Å². The molecule has 0 saturated heterocycles. The van der Waals surface area contributed by atoms with Gasteiger partial charge >= 0.3 is 0 Å². The van der Waals surface area contributed by atoms with Crippen molar-refractivity contribution in [1.29, 1.82) is 0 Å². The maximum Gasteiger partial charge on any atom is 0.260 e. The van der Waals surface area contributed by atoms with E-state index in [4.69, 9.17) is 4.52 Å². The summed E-state index contributed by atoms with van der Waals surface area (Å²) in [6, 6.07) is 1.89. The highest BCUT2D eigenvalue weighted by atomic mass is 32.2. The maximum atomic E-state index is 12.6. The molecule has 24 heavy (non-hydrogen) atoms. The first kappa shape index (κ1) is 17.2. The summed E-state index contributed by atoms with van der Waals surface area (Å²) in [6.07, 6.45) is 2.03. The van der Waals surface area contributed by atoms with Crippen LogP contribution in [0.3, 0.4) is 0 Å². The molecule has 7 heteroatoms. The van der Waals surface area contributed by atoms with E-state index in [9.17, 15) is 4.79 Å². The Morgan fingerprint density at radius 2 is 2.21 bits per heavy atom. The van der Waals surface area contributed by atoms with Gasteiger partial charge in [-0.3, -0.25) is 4.79 Å². The SMILES string of the molecule is CC[C@@H](C)Cc1c(C)sc2nc(SCc3cc(C)on3)[nH]c(=O)c12. The third-order valence-corrected chi connectivity index (χ3v) is 6.07. The van der Waals surface area contributed by atoms with Crippen molar-refractivity contribution in [3.05, 3.63) is 38.3 Å². The normalized spacial score (nSPS) is 12.8. The molecule has 0 aliphatic rings. The number of aromatic nitrogens is 3. The number of fused-ring (bicyclic) bond motifs is 1. The Hall–Kier alpha value is -1.60. The number of H-pyrrole nitrogens is 1. The van der Waals surface area contributed by atoms with Crippen LogP contribution in [0.5, 0.6) is 0 Å². The molecule has 0 radical (unpaired) electrons. The molecule has 3 aromatic rings. The summed E-state index contributed by atoms with van der Waals surface area (Å²) in [7, 11) is 0. The molecule has 0 spiro atoms. The lowest BCUT2D eigenvalue weighted by Gasteiger charge is -2.08. The van der Waals surface area contributed by atoms with Gasteiger partial charge in [-0.2, -0.15) is 0 Å². The number of nitrogens with one attached hydrogen (secondary N) is 1. The summed E-state index contributed by atoms with van der Waals surface area (Å²) in [5.74, 6) is 1.96. The lowest BCUT2D eigenvalue weighted by molar-refractivity contribution is 0.393. The zero-order chi connectivity index (χ0) is 17.3. The minimum atomic E-state index is -0.0403. The molecule has 0 bridgehead atoms. The van der Waals surface area contributed by atoms with E-state index in [0.29, 0.717) is 16.8 Å². The predicted octanol–water partition coefficient (Wildman–Crippen LogP) is 4.47. The maximum absolute atomic E-state index is 12.6. The second kappa shape index (κ2) is 7.11. The van der Waals surface area contributed by atoms with E-state index in [1.54, 1.807) is 11.3 Å². The number of hydrogen-bond donors (Lipinski definition) is 1. The van der Waals surface area contributed by atoms with Crippen molar-refractivity contribution >= 4 is 33.3 Å². The first-order valence-electron chi connectivity index (χ1n) is 8.05. The van der Waals surface area contributed by atoms with Crippen LogP contribution in [0.2, 0.25) is 0 Å². The van der Waals surface area contributed by atoms with Gasteiger partial charge < -0.3 is 9.51 Å². The molecule has 0 amide bonds. The van der Waals surface area contributed by atoms with Crippen LogP contribution < -0.4 is 5.56 Å². The Kier molecular flexibility index (Phi) is 5.10. The number of aryl methyl sites for hydroxylation is 2. The van der Waals surface area contributed by atoms with Crippen LogP contribution in [-0.2, 0) is 12.2 Å². The molecule has 3 aromatic heterocycles. The van der Waals surface area contributed by atoms with Gasteiger partial charge in [-0.05, 0) is 31.7 Å². The summed E-state index contributed by atoms with van der Waals surface area (Å²) in [4.78, 5) is 22.2. The fraction of sp³-hybridized carbons (Fsp3) is 0.471. The van der Waals surface area contributed by atoms with Crippen molar-refractivity contribution in [2.24, 2.45) is 5.92 Å². The third kappa shape index (κ3) is 3.57. The van der Waals surface area contributed by atoms with Crippen LogP contribution in [-0.4, -0.2) is 15.1 Å². The lowest BCUT2D eigenvalue weighted by atomic mass is 9.98. The number of nitrogens with zero attached hydrogens (tertiary/aromatic N) is 2. The van der Waals surface area contributed by atoms with E-state index in [2.05, 4.69) is 35.9 Å². The molecule has 0 saturated carbocycles. The van der Waals surface area contributed by atoms with Crippen LogP contribution in [0, 0.1) is 19.8 Å². The van der Waals surface area contributed by atoms with Crippen molar-refractivity contribution in [1.82, 2.24) is 15.1 Å². The summed E-state index contributed by atoms with van der Waals surface area (Å²) < 4.78 is 5.06. The number of hydrogen-bond acceptors (Lipinski definition) is 6. The molecule has 5 nitrogen and oxygen atoms in total. The highest BCUT2D eigenvalue weighted by Crippen LogP contribution is 2.31. The zero-order valence-electron chi connectivity index (χ0n) is 14.3. The fourth-order valence-corrected chi connectivity index (χ4v) is 4.44. The van der Waals surface area contributed by atoms with E-state index >= 15 is 0 Å². The van der Waals surface area contributed by atoms with E-state index in [-0.39, 0.29) is 5.56 Å². The average Bonchev–Trinajstić information content (AvgIpc) is 3.09. The topological polar surface area (TPSA) is 71.8 Å². The van der Waals surface area contributed by atoms with Crippen molar-refractivity contribution < 1.29 is 4.52 Å². The van der Waals surface area contributed by atoms with Gasteiger partial charge in [0.25, 0.3) is 5.56 Å². The molecule has 3 heterocycles. The van der Waals surface area contributed by atoms with Crippen LogP contribution in [0.1, 0.15) is 42.2 Å². The van der Waals surface area contributed by atoms with Crippen LogP contribution >= 0.6 is 23.1 Å². The van der Waals surface area contributed by atoms with E-state index in [1.165, 1.54) is 16.6 Å². The molecule has 3 rings (SSSR count). The van der Waals surface area contributed by atoms with Gasteiger partial charge in [0.1, 0.15) is 10.6 Å². The van der Waals surface area contributed by atoms with Crippen LogP contribution in [0.15, 0.2) is 20.5 Å². The van der Waals surface area contributed by atoms with Gasteiger partial charge in [-0.25, -0.2) is 4.98 Å². The molecular formula is C17H21N3O2S2. The quantitative estimate of drug-likeness (QED) is 0.517. The first-order valence-corrected chi connectivity index (χ1v) is 9.85. The van der Waals surface area contributed by atoms with Crippen molar-refractivity contribution in [3.63, 3.8) is 0 Å². The fourth-order valence-electron chi connectivity index (χ4n) is 2.59. The monoisotopic (exact) mass is 363 g/mol. The zero-order valence-corrected chi connectivity index (χ0v) is 15.9. The smallest absolute Gasteiger partial charge is 0.260 e. The van der Waals surface area contributed by atoms with Gasteiger partial charge in [0, 0.05) is 16.7 Å². The molecule has 0 unspecified atom stereocenters. The Balaban J connectivity index is 1.89. The van der Waals surface area contributed by atoms with Gasteiger partial charge in [0.05, 0.1) is 11.1 Å². The first-order chi connectivity index (χ1) is 11.5. The largest absolute Gasteiger partial charge is 0.361 e. The second-order valence-corrected chi connectivity index (χ2v) is 8.29. The Bertz CT molecular complexity index is 910. The van der Waals surface area contributed by atoms with E-state index < -0.39 is 0 Å².